The van der Waals surface area contributed by atoms with Gasteiger partial charge in [-0.05, 0) is 34.5 Å². The van der Waals surface area contributed by atoms with Crippen molar-refractivity contribution >= 4 is 28.5 Å². The topological polar surface area (TPSA) is 50.7 Å². The minimum atomic E-state index is -0.324. The molecule has 1 amide bonds. The third kappa shape index (κ3) is 5.67. The van der Waals surface area contributed by atoms with Gasteiger partial charge in [0.15, 0.2) is 6.61 Å². The second-order valence-corrected chi connectivity index (χ2v) is 6.94. The number of fused-ring (bicyclic) bond motifs is 1. The first kappa shape index (κ1) is 20.1. The third-order valence-corrected chi connectivity index (χ3v) is 4.69. The molecule has 0 unspecified atom stereocenters. The number of allylic oxidation sites excluding steroid dienone is 1. The Morgan fingerprint density at radius 1 is 0.806 bits per heavy atom. The van der Waals surface area contributed by atoms with Gasteiger partial charge < -0.3 is 4.74 Å². The smallest absolute Gasteiger partial charge is 0.277 e. The monoisotopic (exact) mass is 406 g/mol. The molecule has 31 heavy (non-hydrogen) atoms. The largest absolute Gasteiger partial charge is 0.484 e. The van der Waals surface area contributed by atoms with Crippen LogP contribution in [0.25, 0.3) is 16.8 Å². The summed E-state index contributed by atoms with van der Waals surface area (Å²) < 4.78 is 5.64. The summed E-state index contributed by atoms with van der Waals surface area (Å²) in [5, 5.41) is 6.51. The zero-order valence-electron chi connectivity index (χ0n) is 16.9. The fourth-order valence-corrected chi connectivity index (χ4v) is 3.11. The fraction of sp³-hybridized carbons (Fsp3) is 0.0370. The molecule has 0 heterocycles. The van der Waals surface area contributed by atoms with Gasteiger partial charge in [-0.2, -0.15) is 5.10 Å². The standard InChI is InChI=1S/C27H22N2O2/c30-27(20-31-25-17-16-22-11-7-8-14-24(22)19-25)29-28-26(23-12-5-2-6-13-23)18-15-21-9-3-1-4-10-21/h1-19H,20H2,(H,29,30)/b18-15-,28-26-. The molecule has 152 valence electrons. The average Bonchev–Trinajstić information content (AvgIpc) is 2.84. The summed E-state index contributed by atoms with van der Waals surface area (Å²) in [5.41, 5.74) is 5.21. The highest BCUT2D eigenvalue weighted by atomic mass is 16.5. The quantitative estimate of drug-likeness (QED) is 0.328. The van der Waals surface area contributed by atoms with Crippen LogP contribution in [0.1, 0.15) is 11.1 Å². The molecular formula is C27H22N2O2. The molecule has 4 aromatic rings. The molecule has 4 nitrogen and oxygen atoms in total. The fourth-order valence-electron chi connectivity index (χ4n) is 3.11. The lowest BCUT2D eigenvalue weighted by atomic mass is 10.1. The summed E-state index contributed by atoms with van der Waals surface area (Å²) in [5.74, 6) is 0.319. The van der Waals surface area contributed by atoms with Crippen molar-refractivity contribution in [3.05, 3.63) is 120 Å². The maximum atomic E-state index is 12.3. The van der Waals surface area contributed by atoms with Gasteiger partial charge in [-0.15, -0.1) is 0 Å². The average molecular weight is 406 g/mol. The molecule has 0 radical (unpaired) electrons. The van der Waals surface area contributed by atoms with Crippen molar-refractivity contribution in [2.75, 3.05) is 6.61 Å². The molecule has 1 N–H and O–H groups in total. The molecular weight excluding hydrogens is 384 g/mol. The van der Waals surface area contributed by atoms with Crippen LogP contribution in [-0.2, 0) is 4.79 Å². The predicted octanol–water partition coefficient (Wildman–Crippen LogP) is 5.45. The lowest BCUT2D eigenvalue weighted by Gasteiger charge is -2.07. The van der Waals surface area contributed by atoms with E-state index < -0.39 is 0 Å². The predicted molar refractivity (Wildman–Crippen MR) is 126 cm³/mol. The maximum Gasteiger partial charge on any atom is 0.277 e. The van der Waals surface area contributed by atoms with Gasteiger partial charge in [0.25, 0.3) is 5.91 Å². The Bertz CT molecular complexity index is 1220. The summed E-state index contributed by atoms with van der Waals surface area (Å²) in [4.78, 5) is 12.3. The Kier molecular flexibility index (Phi) is 6.51. The number of hydrazone groups is 1. The van der Waals surface area contributed by atoms with E-state index >= 15 is 0 Å². The summed E-state index contributed by atoms with van der Waals surface area (Å²) in [6.45, 7) is -0.119. The van der Waals surface area contributed by atoms with Crippen molar-refractivity contribution < 1.29 is 9.53 Å². The van der Waals surface area contributed by atoms with Crippen LogP contribution in [0.3, 0.4) is 0 Å². The van der Waals surface area contributed by atoms with E-state index in [2.05, 4.69) is 10.5 Å². The normalized spacial score (nSPS) is 11.5. The summed E-state index contributed by atoms with van der Waals surface area (Å²) in [6.07, 6.45) is 3.85. The molecule has 4 heteroatoms. The van der Waals surface area contributed by atoms with E-state index in [4.69, 9.17) is 4.74 Å². The zero-order chi connectivity index (χ0) is 21.3. The second kappa shape index (κ2) is 10.0. The van der Waals surface area contributed by atoms with E-state index in [1.807, 2.05) is 115 Å². The minimum absolute atomic E-state index is 0.119. The van der Waals surface area contributed by atoms with Gasteiger partial charge in [0.05, 0.1) is 5.71 Å². The van der Waals surface area contributed by atoms with Crippen molar-refractivity contribution in [2.45, 2.75) is 0 Å². The van der Waals surface area contributed by atoms with Gasteiger partial charge in [-0.1, -0.05) is 97.1 Å². The van der Waals surface area contributed by atoms with Gasteiger partial charge >= 0.3 is 0 Å². The van der Waals surface area contributed by atoms with Gasteiger partial charge in [-0.25, -0.2) is 5.43 Å². The first-order valence-electron chi connectivity index (χ1n) is 10.0. The van der Waals surface area contributed by atoms with Crippen molar-refractivity contribution in [3.63, 3.8) is 0 Å². The molecule has 0 saturated carbocycles. The number of hydrogen-bond acceptors (Lipinski definition) is 3. The Hall–Kier alpha value is -4.18. The highest BCUT2D eigenvalue weighted by molar-refractivity contribution is 6.11. The van der Waals surface area contributed by atoms with Crippen LogP contribution >= 0.6 is 0 Å². The Labute approximate surface area is 181 Å². The lowest BCUT2D eigenvalue weighted by molar-refractivity contribution is -0.123. The molecule has 0 fully saturated rings. The Morgan fingerprint density at radius 3 is 2.26 bits per heavy atom. The van der Waals surface area contributed by atoms with Gasteiger partial charge in [-0.3, -0.25) is 4.79 Å². The van der Waals surface area contributed by atoms with E-state index in [0.29, 0.717) is 11.5 Å². The van der Waals surface area contributed by atoms with Crippen LogP contribution in [-0.4, -0.2) is 18.2 Å². The molecule has 0 aliphatic carbocycles. The second-order valence-electron chi connectivity index (χ2n) is 6.94. The van der Waals surface area contributed by atoms with E-state index in [1.54, 1.807) is 0 Å². The molecule has 4 aromatic carbocycles. The number of rotatable bonds is 7. The summed E-state index contributed by atoms with van der Waals surface area (Å²) in [6, 6.07) is 33.4. The number of benzene rings is 4. The number of nitrogens with one attached hydrogen (secondary N) is 1. The van der Waals surface area contributed by atoms with E-state index in [-0.39, 0.29) is 12.5 Å². The minimum Gasteiger partial charge on any atom is -0.484 e. The van der Waals surface area contributed by atoms with Gasteiger partial charge in [0, 0.05) is 5.56 Å². The molecule has 0 atom stereocenters. The first-order chi connectivity index (χ1) is 15.3. The van der Waals surface area contributed by atoms with Crippen LogP contribution in [0.15, 0.2) is 114 Å². The summed E-state index contributed by atoms with van der Waals surface area (Å²) >= 11 is 0. The maximum absolute atomic E-state index is 12.3. The van der Waals surface area contributed by atoms with Gasteiger partial charge in [0.1, 0.15) is 5.75 Å². The SMILES string of the molecule is O=C(COc1ccc2ccccc2c1)N/N=C(/C=C\c1ccccc1)c1ccccc1. The Balaban J connectivity index is 1.43. The zero-order valence-corrected chi connectivity index (χ0v) is 16.9. The number of hydrogen-bond donors (Lipinski definition) is 1. The van der Waals surface area contributed by atoms with Crippen LogP contribution < -0.4 is 10.2 Å². The van der Waals surface area contributed by atoms with Crippen molar-refractivity contribution in [2.24, 2.45) is 5.10 Å². The highest BCUT2D eigenvalue weighted by Crippen LogP contribution is 2.20. The number of carbonyl (C=O) groups is 1. The van der Waals surface area contributed by atoms with E-state index in [0.717, 1.165) is 21.9 Å². The molecule has 0 saturated heterocycles. The van der Waals surface area contributed by atoms with Crippen LogP contribution in [0.4, 0.5) is 0 Å². The van der Waals surface area contributed by atoms with Crippen LogP contribution in [0.5, 0.6) is 5.75 Å². The molecule has 0 spiro atoms. The van der Waals surface area contributed by atoms with Crippen LogP contribution in [0.2, 0.25) is 0 Å². The van der Waals surface area contributed by atoms with E-state index in [1.165, 1.54) is 0 Å². The summed E-state index contributed by atoms with van der Waals surface area (Å²) in [7, 11) is 0. The molecule has 0 aliphatic rings. The number of amides is 1. The molecule has 0 aliphatic heterocycles. The first-order valence-corrected chi connectivity index (χ1v) is 10.0. The van der Waals surface area contributed by atoms with E-state index in [9.17, 15) is 4.79 Å². The van der Waals surface area contributed by atoms with Crippen molar-refractivity contribution in [1.29, 1.82) is 0 Å². The third-order valence-electron chi connectivity index (χ3n) is 4.69. The number of nitrogens with zero attached hydrogens (tertiary/aromatic N) is 1. The molecule has 0 aromatic heterocycles. The number of ether oxygens (including phenoxy) is 1. The molecule has 4 rings (SSSR count). The van der Waals surface area contributed by atoms with Gasteiger partial charge in [0.2, 0.25) is 0 Å². The Morgan fingerprint density at radius 2 is 1.48 bits per heavy atom. The highest BCUT2D eigenvalue weighted by Gasteiger charge is 2.05. The van der Waals surface area contributed by atoms with Crippen LogP contribution in [0, 0.1) is 0 Å². The lowest BCUT2D eigenvalue weighted by Crippen LogP contribution is -2.25. The number of carbonyl (C=O) groups excluding carboxylic acids is 1. The van der Waals surface area contributed by atoms with Crippen molar-refractivity contribution in [1.82, 2.24) is 5.43 Å². The molecule has 0 bridgehead atoms. The van der Waals surface area contributed by atoms with Crippen molar-refractivity contribution in [3.8, 4) is 5.75 Å².